The Kier molecular flexibility index (Phi) is 8.57. The molecule has 0 saturated carbocycles. The number of nitrogens with one attached hydrogen (secondary N) is 1. The molecule has 2 aromatic carbocycles. The number of hydrogen-bond donors (Lipinski definition) is 3. The molecule has 1 aromatic heterocycles. The number of aromatic nitrogens is 1. The molecule has 0 radical (unpaired) electrons. The zero-order valence-corrected chi connectivity index (χ0v) is 25.9. The third-order valence-electron chi connectivity index (χ3n) is 8.41. The quantitative estimate of drug-likeness (QED) is 0.155. The predicted octanol–water partition coefficient (Wildman–Crippen LogP) is 1.19. The lowest BCUT2D eigenvalue weighted by Gasteiger charge is -2.41. The maximum absolute atomic E-state index is 13.9. The Labute approximate surface area is 259 Å². The summed E-state index contributed by atoms with van der Waals surface area (Å²) in [5.74, 6) is -0.460. The molecule has 0 bridgehead atoms. The van der Waals surface area contributed by atoms with E-state index in [0.717, 1.165) is 22.4 Å². The van der Waals surface area contributed by atoms with Crippen molar-refractivity contribution in [2.24, 2.45) is 10.9 Å². The molecule has 2 atom stereocenters. The number of amidine groups is 1. The summed E-state index contributed by atoms with van der Waals surface area (Å²) in [6, 6.07) is 9.47. The van der Waals surface area contributed by atoms with Crippen molar-refractivity contribution in [3.63, 3.8) is 0 Å². The fourth-order valence-electron chi connectivity index (χ4n) is 5.91. The van der Waals surface area contributed by atoms with Crippen LogP contribution in [0.3, 0.4) is 0 Å². The van der Waals surface area contributed by atoms with Gasteiger partial charge in [0.25, 0.3) is 5.91 Å². The minimum atomic E-state index is -3.96. The first-order valence-corrected chi connectivity index (χ1v) is 16.8. The van der Waals surface area contributed by atoms with Gasteiger partial charge in [-0.3, -0.25) is 9.59 Å². The maximum atomic E-state index is 13.9. The Bertz CT molecular complexity index is 1720. The summed E-state index contributed by atoms with van der Waals surface area (Å²) in [5.41, 5.74) is 7.14. The van der Waals surface area contributed by atoms with Gasteiger partial charge in [-0.05, 0) is 35.9 Å². The number of thiazole rings is 1. The van der Waals surface area contributed by atoms with E-state index >= 15 is 0 Å². The summed E-state index contributed by atoms with van der Waals surface area (Å²) < 4.78 is 34.6. The van der Waals surface area contributed by atoms with Crippen molar-refractivity contribution in [2.45, 2.75) is 43.3 Å². The van der Waals surface area contributed by atoms with Crippen LogP contribution in [0.5, 0.6) is 0 Å². The molecular weight excluding hydrogens is 606 g/mol. The van der Waals surface area contributed by atoms with Crippen LogP contribution in [0.4, 0.5) is 0 Å². The second kappa shape index (κ2) is 12.4. The SMILES string of the molecule is CC1Cc2nc(C(=O)N3CCN(S(=O)(=O)c4ccc5cc(/C(N)=N/O)ccc5c4)CC3CC(=O)N3CCOCC3)sc2CN1. The standard InChI is InChI=1S/C29H35N7O6S2/c1-18-12-24-25(16-31-18)43-28(32-24)29(38)36-7-6-35(17-22(36)15-26(37)34-8-10-42-11-9-34)44(40,41)23-5-4-19-13-21(27(30)33-39)3-2-20(19)14-23/h2-5,13-14,18,22,31,39H,6-12,15-17H2,1H3,(H2,30,33). The van der Waals surface area contributed by atoms with Gasteiger partial charge in [-0.25, -0.2) is 13.4 Å². The topological polar surface area (TPSA) is 171 Å². The number of fused-ring (bicyclic) bond motifs is 2. The first kappa shape index (κ1) is 30.4. The molecule has 3 aromatic rings. The van der Waals surface area contributed by atoms with E-state index in [1.54, 1.807) is 40.1 Å². The first-order chi connectivity index (χ1) is 21.1. The number of carbonyl (C=O) groups excluding carboxylic acids is 2. The van der Waals surface area contributed by atoms with Gasteiger partial charge < -0.3 is 30.8 Å². The van der Waals surface area contributed by atoms with Crippen LogP contribution in [-0.2, 0) is 32.5 Å². The van der Waals surface area contributed by atoms with E-state index in [-0.39, 0.29) is 54.6 Å². The molecule has 6 rings (SSSR count). The molecule has 0 aliphatic carbocycles. The van der Waals surface area contributed by atoms with Crippen molar-refractivity contribution in [1.82, 2.24) is 24.4 Å². The van der Waals surface area contributed by atoms with Crippen molar-refractivity contribution in [3.05, 3.63) is 57.5 Å². The minimum absolute atomic E-state index is 0.00420. The number of nitrogens with two attached hydrogens (primary N) is 1. The zero-order valence-electron chi connectivity index (χ0n) is 24.3. The van der Waals surface area contributed by atoms with E-state index < -0.39 is 16.1 Å². The lowest BCUT2D eigenvalue weighted by atomic mass is 10.1. The summed E-state index contributed by atoms with van der Waals surface area (Å²) in [5, 5.41) is 17.2. The van der Waals surface area contributed by atoms with Crippen LogP contribution < -0.4 is 11.1 Å². The fourth-order valence-corrected chi connectivity index (χ4v) is 8.41. The Hall–Kier alpha value is -3.63. The molecule has 3 aliphatic rings. The van der Waals surface area contributed by atoms with Gasteiger partial charge in [-0.1, -0.05) is 23.4 Å². The van der Waals surface area contributed by atoms with Gasteiger partial charge >= 0.3 is 0 Å². The number of nitrogens with zero attached hydrogens (tertiary/aromatic N) is 5. The zero-order chi connectivity index (χ0) is 31.0. The Morgan fingerprint density at radius 1 is 1.14 bits per heavy atom. The Morgan fingerprint density at radius 3 is 2.66 bits per heavy atom. The lowest BCUT2D eigenvalue weighted by Crippen LogP contribution is -2.58. The van der Waals surface area contributed by atoms with Crippen LogP contribution >= 0.6 is 11.3 Å². The highest BCUT2D eigenvalue weighted by Gasteiger charge is 2.39. The number of ether oxygens (including phenoxy) is 1. The average Bonchev–Trinajstić information content (AvgIpc) is 3.47. The largest absolute Gasteiger partial charge is 0.409 e. The van der Waals surface area contributed by atoms with Gasteiger partial charge in [0.15, 0.2) is 10.8 Å². The van der Waals surface area contributed by atoms with E-state index in [1.165, 1.54) is 21.7 Å². The molecule has 44 heavy (non-hydrogen) atoms. The van der Waals surface area contributed by atoms with Crippen LogP contribution in [0, 0.1) is 0 Å². The van der Waals surface area contributed by atoms with E-state index in [2.05, 4.69) is 22.4 Å². The second-order valence-corrected chi connectivity index (χ2v) is 14.3. The molecule has 234 valence electrons. The number of piperazine rings is 1. The molecule has 15 heteroatoms. The predicted molar refractivity (Wildman–Crippen MR) is 164 cm³/mol. The number of sulfonamides is 1. The number of carbonyl (C=O) groups is 2. The van der Waals surface area contributed by atoms with Gasteiger partial charge in [-0.15, -0.1) is 11.3 Å². The Balaban J connectivity index is 1.26. The van der Waals surface area contributed by atoms with E-state index in [9.17, 15) is 18.0 Å². The molecule has 2 saturated heterocycles. The number of amides is 2. The van der Waals surface area contributed by atoms with Crippen molar-refractivity contribution in [1.29, 1.82) is 0 Å². The third kappa shape index (κ3) is 6.02. The normalized spacial score (nSPS) is 21.8. The van der Waals surface area contributed by atoms with Crippen LogP contribution in [0.2, 0.25) is 0 Å². The fraction of sp³-hybridized carbons (Fsp3) is 0.448. The van der Waals surface area contributed by atoms with E-state index in [4.69, 9.17) is 15.7 Å². The smallest absolute Gasteiger partial charge is 0.283 e. The number of rotatable bonds is 6. The highest BCUT2D eigenvalue weighted by atomic mass is 32.2. The van der Waals surface area contributed by atoms with Gasteiger partial charge in [0.05, 0.1) is 29.8 Å². The van der Waals surface area contributed by atoms with Gasteiger partial charge in [0.2, 0.25) is 15.9 Å². The van der Waals surface area contributed by atoms with Crippen LogP contribution in [0.1, 0.15) is 39.3 Å². The molecule has 4 N–H and O–H groups in total. The molecule has 4 heterocycles. The molecule has 0 spiro atoms. The van der Waals surface area contributed by atoms with Crippen LogP contribution in [-0.4, -0.2) is 108 Å². The molecular formula is C29H35N7O6S2. The van der Waals surface area contributed by atoms with Crippen LogP contribution in [0.15, 0.2) is 46.4 Å². The average molecular weight is 642 g/mol. The van der Waals surface area contributed by atoms with Gasteiger partial charge in [-0.2, -0.15) is 4.31 Å². The summed E-state index contributed by atoms with van der Waals surface area (Å²) in [7, 11) is -3.96. The minimum Gasteiger partial charge on any atom is -0.409 e. The lowest BCUT2D eigenvalue weighted by molar-refractivity contribution is -0.136. The van der Waals surface area contributed by atoms with Gasteiger partial charge in [0, 0.05) is 68.6 Å². The first-order valence-electron chi connectivity index (χ1n) is 14.5. The van der Waals surface area contributed by atoms with Crippen molar-refractivity contribution in [3.8, 4) is 0 Å². The number of benzene rings is 2. The summed E-state index contributed by atoms with van der Waals surface area (Å²) >= 11 is 1.36. The highest BCUT2D eigenvalue weighted by molar-refractivity contribution is 7.89. The van der Waals surface area contributed by atoms with Crippen molar-refractivity contribution < 1.29 is 28.0 Å². The monoisotopic (exact) mass is 641 g/mol. The molecule has 2 amide bonds. The highest BCUT2D eigenvalue weighted by Crippen LogP contribution is 2.29. The molecule has 13 nitrogen and oxygen atoms in total. The number of hydrogen-bond acceptors (Lipinski definition) is 10. The molecule has 3 aliphatic heterocycles. The van der Waals surface area contributed by atoms with Crippen LogP contribution in [0.25, 0.3) is 10.8 Å². The van der Waals surface area contributed by atoms with E-state index in [1.807, 2.05) is 0 Å². The molecule has 2 fully saturated rings. The number of oxime groups is 1. The Morgan fingerprint density at radius 2 is 1.89 bits per heavy atom. The maximum Gasteiger partial charge on any atom is 0.283 e. The van der Waals surface area contributed by atoms with E-state index in [0.29, 0.717) is 48.8 Å². The van der Waals surface area contributed by atoms with Gasteiger partial charge in [0.1, 0.15) is 0 Å². The summed E-state index contributed by atoms with van der Waals surface area (Å²) in [4.78, 5) is 36.3. The van der Waals surface area contributed by atoms with Crippen molar-refractivity contribution in [2.75, 3.05) is 45.9 Å². The third-order valence-corrected chi connectivity index (χ3v) is 11.4. The number of morpholine rings is 1. The molecule has 2 unspecified atom stereocenters. The summed E-state index contributed by atoms with van der Waals surface area (Å²) in [6.07, 6.45) is 0.731. The summed E-state index contributed by atoms with van der Waals surface area (Å²) in [6.45, 7) is 4.73. The second-order valence-electron chi connectivity index (χ2n) is 11.3. The van der Waals surface area contributed by atoms with Crippen molar-refractivity contribution >= 4 is 49.8 Å².